The van der Waals surface area contributed by atoms with Gasteiger partial charge in [0.15, 0.2) is 11.6 Å². The van der Waals surface area contributed by atoms with Crippen molar-refractivity contribution < 1.29 is 13.6 Å². The molecular formula is C16H12F2N2O. The molecule has 0 atom stereocenters. The highest BCUT2D eigenvalue weighted by atomic mass is 19.2. The van der Waals surface area contributed by atoms with Gasteiger partial charge in [0.1, 0.15) is 0 Å². The molecule has 0 aliphatic heterocycles. The van der Waals surface area contributed by atoms with Crippen LogP contribution in [0.2, 0.25) is 0 Å². The number of fused-ring (bicyclic) bond motifs is 1. The summed E-state index contributed by atoms with van der Waals surface area (Å²) in [5, 5.41) is 3.52. The van der Waals surface area contributed by atoms with Crippen LogP contribution in [0.15, 0.2) is 48.7 Å². The molecule has 3 aromatic rings. The first kappa shape index (κ1) is 13.3. The molecule has 0 fully saturated rings. The van der Waals surface area contributed by atoms with Gasteiger partial charge >= 0.3 is 0 Å². The fraction of sp³-hybridized carbons (Fsp3) is 0.0625. The fourth-order valence-electron chi connectivity index (χ4n) is 2.21. The van der Waals surface area contributed by atoms with Crippen LogP contribution in [0.5, 0.6) is 0 Å². The van der Waals surface area contributed by atoms with E-state index in [9.17, 15) is 13.6 Å². The van der Waals surface area contributed by atoms with E-state index in [1.165, 1.54) is 6.07 Å². The van der Waals surface area contributed by atoms with E-state index in [2.05, 4.69) is 10.3 Å². The zero-order chi connectivity index (χ0) is 14.8. The highest BCUT2D eigenvalue weighted by molar-refractivity contribution is 6.06. The van der Waals surface area contributed by atoms with Gasteiger partial charge in [0.2, 0.25) is 0 Å². The van der Waals surface area contributed by atoms with Gasteiger partial charge in [0.05, 0.1) is 0 Å². The summed E-state index contributed by atoms with van der Waals surface area (Å²) in [5.74, 6) is -2.08. The third-order valence-corrected chi connectivity index (χ3v) is 3.28. The largest absolute Gasteiger partial charge is 0.361 e. The SMILES string of the molecule is O=C(NCc1ccc(F)c(F)c1)c1cccc2[nH]ccc12. The molecule has 0 saturated heterocycles. The highest BCUT2D eigenvalue weighted by Gasteiger charge is 2.10. The van der Waals surface area contributed by atoms with Crippen LogP contribution in [0, 0.1) is 11.6 Å². The van der Waals surface area contributed by atoms with Crippen molar-refractivity contribution in [3.8, 4) is 0 Å². The lowest BCUT2D eigenvalue weighted by Crippen LogP contribution is -2.23. The van der Waals surface area contributed by atoms with E-state index in [1.54, 1.807) is 18.3 Å². The molecule has 1 heterocycles. The van der Waals surface area contributed by atoms with Gasteiger partial charge in [0, 0.05) is 29.2 Å². The summed E-state index contributed by atoms with van der Waals surface area (Å²) in [7, 11) is 0. The van der Waals surface area contributed by atoms with Crippen molar-refractivity contribution in [2.75, 3.05) is 0 Å². The zero-order valence-electron chi connectivity index (χ0n) is 11.0. The fourth-order valence-corrected chi connectivity index (χ4v) is 2.21. The number of nitrogens with one attached hydrogen (secondary N) is 2. The van der Waals surface area contributed by atoms with Crippen LogP contribution in [0.3, 0.4) is 0 Å². The first-order valence-corrected chi connectivity index (χ1v) is 6.43. The molecule has 5 heteroatoms. The van der Waals surface area contributed by atoms with Gasteiger partial charge in [-0.3, -0.25) is 4.79 Å². The van der Waals surface area contributed by atoms with E-state index in [0.29, 0.717) is 11.1 Å². The highest BCUT2D eigenvalue weighted by Crippen LogP contribution is 2.17. The Morgan fingerprint density at radius 2 is 1.95 bits per heavy atom. The molecule has 1 amide bonds. The molecule has 21 heavy (non-hydrogen) atoms. The predicted molar refractivity (Wildman–Crippen MR) is 75.8 cm³/mol. The van der Waals surface area contributed by atoms with Crippen molar-refractivity contribution in [3.63, 3.8) is 0 Å². The quantitative estimate of drug-likeness (QED) is 0.761. The average Bonchev–Trinajstić information content (AvgIpc) is 2.96. The molecule has 0 aliphatic rings. The lowest BCUT2D eigenvalue weighted by atomic mass is 10.1. The molecule has 2 aromatic carbocycles. The van der Waals surface area contributed by atoms with E-state index in [-0.39, 0.29) is 12.5 Å². The Hall–Kier alpha value is -2.69. The van der Waals surface area contributed by atoms with Crippen molar-refractivity contribution in [2.24, 2.45) is 0 Å². The smallest absolute Gasteiger partial charge is 0.252 e. The lowest BCUT2D eigenvalue weighted by molar-refractivity contribution is 0.0952. The van der Waals surface area contributed by atoms with Gasteiger partial charge in [-0.15, -0.1) is 0 Å². The molecule has 0 aliphatic carbocycles. The first-order chi connectivity index (χ1) is 10.1. The number of H-pyrrole nitrogens is 1. The molecule has 3 rings (SSSR count). The third kappa shape index (κ3) is 2.63. The topological polar surface area (TPSA) is 44.9 Å². The molecule has 0 saturated carbocycles. The minimum Gasteiger partial charge on any atom is -0.361 e. The summed E-state index contributed by atoms with van der Waals surface area (Å²) in [6, 6.07) is 10.8. The van der Waals surface area contributed by atoms with Gasteiger partial charge in [-0.1, -0.05) is 12.1 Å². The second-order valence-corrected chi connectivity index (χ2v) is 4.68. The molecule has 3 nitrogen and oxygen atoms in total. The standard InChI is InChI=1S/C16H12F2N2O/c17-13-5-4-10(8-14(13)18)9-20-16(21)12-2-1-3-15-11(12)6-7-19-15/h1-8,19H,9H2,(H,20,21). The predicted octanol–water partition coefficient (Wildman–Crippen LogP) is 3.38. The molecule has 0 unspecified atom stereocenters. The molecule has 2 N–H and O–H groups in total. The Bertz CT molecular complexity index is 811. The zero-order valence-corrected chi connectivity index (χ0v) is 11.0. The Balaban J connectivity index is 1.77. The summed E-state index contributed by atoms with van der Waals surface area (Å²) in [6.45, 7) is 0.136. The van der Waals surface area contributed by atoms with E-state index >= 15 is 0 Å². The number of hydrogen-bond acceptors (Lipinski definition) is 1. The van der Waals surface area contributed by atoms with E-state index < -0.39 is 11.6 Å². The first-order valence-electron chi connectivity index (χ1n) is 6.43. The van der Waals surface area contributed by atoms with Gasteiger partial charge < -0.3 is 10.3 Å². The molecule has 0 spiro atoms. The molecular weight excluding hydrogens is 274 g/mol. The number of carbonyl (C=O) groups excluding carboxylic acids is 1. The van der Waals surface area contributed by atoms with Crippen molar-refractivity contribution in [3.05, 3.63) is 71.4 Å². The number of amides is 1. The van der Waals surface area contributed by atoms with Gasteiger partial charge in [-0.05, 0) is 35.9 Å². The number of halogens is 2. The minimum atomic E-state index is -0.922. The number of aromatic amines is 1. The van der Waals surface area contributed by atoms with Gasteiger partial charge in [-0.25, -0.2) is 8.78 Å². The number of carbonyl (C=O) groups is 1. The maximum Gasteiger partial charge on any atom is 0.252 e. The summed E-state index contributed by atoms with van der Waals surface area (Å²) in [5.41, 5.74) is 1.91. The summed E-state index contributed by atoms with van der Waals surface area (Å²) < 4.78 is 25.9. The summed E-state index contributed by atoms with van der Waals surface area (Å²) >= 11 is 0. The van der Waals surface area contributed by atoms with Crippen LogP contribution in [0.4, 0.5) is 8.78 Å². The monoisotopic (exact) mass is 286 g/mol. The van der Waals surface area contributed by atoms with Gasteiger partial charge in [0.25, 0.3) is 5.91 Å². The van der Waals surface area contributed by atoms with Crippen molar-refractivity contribution in [1.82, 2.24) is 10.3 Å². The Labute approximate surface area is 119 Å². The van der Waals surface area contributed by atoms with Crippen LogP contribution in [-0.4, -0.2) is 10.9 Å². The van der Waals surface area contributed by atoms with E-state index in [4.69, 9.17) is 0 Å². The van der Waals surface area contributed by atoms with Crippen LogP contribution in [0.1, 0.15) is 15.9 Å². The second-order valence-electron chi connectivity index (χ2n) is 4.68. The summed E-state index contributed by atoms with van der Waals surface area (Å²) in [6.07, 6.45) is 1.76. The van der Waals surface area contributed by atoms with Crippen LogP contribution in [0.25, 0.3) is 10.9 Å². The molecule has 106 valence electrons. The average molecular weight is 286 g/mol. The molecule has 0 bridgehead atoms. The van der Waals surface area contributed by atoms with Crippen molar-refractivity contribution in [1.29, 1.82) is 0 Å². The van der Waals surface area contributed by atoms with Crippen molar-refractivity contribution in [2.45, 2.75) is 6.54 Å². The van der Waals surface area contributed by atoms with Crippen LogP contribution >= 0.6 is 0 Å². The van der Waals surface area contributed by atoms with Crippen molar-refractivity contribution >= 4 is 16.8 Å². The number of rotatable bonds is 3. The minimum absolute atomic E-state index is 0.136. The van der Waals surface area contributed by atoms with Crippen LogP contribution < -0.4 is 5.32 Å². The van der Waals surface area contributed by atoms with Crippen LogP contribution in [-0.2, 0) is 6.54 Å². The van der Waals surface area contributed by atoms with Gasteiger partial charge in [-0.2, -0.15) is 0 Å². The van der Waals surface area contributed by atoms with E-state index in [1.807, 2.05) is 12.1 Å². The number of hydrogen-bond donors (Lipinski definition) is 2. The molecule has 0 radical (unpaired) electrons. The normalized spacial score (nSPS) is 10.8. The second kappa shape index (κ2) is 5.36. The maximum atomic E-state index is 13.1. The Morgan fingerprint density at radius 3 is 2.76 bits per heavy atom. The lowest BCUT2D eigenvalue weighted by Gasteiger charge is -2.07. The third-order valence-electron chi connectivity index (χ3n) is 3.28. The maximum absolute atomic E-state index is 13.1. The molecule has 1 aromatic heterocycles. The number of aromatic nitrogens is 1. The Kier molecular flexibility index (Phi) is 3.39. The number of benzene rings is 2. The Morgan fingerprint density at radius 1 is 1.10 bits per heavy atom. The summed E-state index contributed by atoms with van der Waals surface area (Å²) in [4.78, 5) is 15.2. The van der Waals surface area contributed by atoms with E-state index in [0.717, 1.165) is 23.0 Å².